The molecule has 0 unspecified atom stereocenters. The summed E-state index contributed by atoms with van der Waals surface area (Å²) in [6, 6.07) is 3.31. The van der Waals surface area contributed by atoms with Crippen molar-refractivity contribution < 1.29 is 5.11 Å². The van der Waals surface area contributed by atoms with Crippen LogP contribution in [0.5, 0.6) is 0 Å². The van der Waals surface area contributed by atoms with Gasteiger partial charge in [-0.25, -0.2) is 0 Å². The number of aliphatic hydroxyl groups excluding tert-OH is 1. The highest BCUT2D eigenvalue weighted by molar-refractivity contribution is 6.44. The quantitative estimate of drug-likeness (QED) is 0.628. The van der Waals surface area contributed by atoms with Crippen LogP contribution in [0.25, 0.3) is 0 Å². The van der Waals surface area contributed by atoms with Gasteiger partial charge in [-0.2, -0.15) is 0 Å². The minimum atomic E-state index is 0.205. The summed E-state index contributed by atoms with van der Waals surface area (Å²) >= 11 is 17.6. The zero-order valence-electron chi connectivity index (χ0n) is 8.06. The molecule has 0 radical (unpaired) electrons. The zero-order chi connectivity index (χ0) is 11.3. The van der Waals surface area contributed by atoms with Crippen molar-refractivity contribution in [2.24, 2.45) is 0 Å². The molecule has 0 aromatic heterocycles. The van der Waals surface area contributed by atoms with Crippen LogP contribution < -0.4 is 5.32 Å². The van der Waals surface area contributed by atoms with Crippen LogP contribution in [0, 0.1) is 0 Å². The van der Waals surface area contributed by atoms with E-state index in [-0.39, 0.29) is 6.61 Å². The molecule has 0 spiro atoms. The van der Waals surface area contributed by atoms with Gasteiger partial charge in [-0.3, -0.25) is 0 Å². The SMILES string of the molecule is OCCCCNc1cc(Cl)c(Cl)cc1Cl. The monoisotopic (exact) mass is 267 g/mol. The van der Waals surface area contributed by atoms with Crippen molar-refractivity contribution in [3.63, 3.8) is 0 Å². The molecule has 1 aromatic rings. The van der Waals surface area contributed by atoms with Crippen molar-refractivity contribution in [3.05, 3.63) is 27.2 Å². The Kier molecular flexibility index (Phi) is 5.54. The molecule has 1 aromatic carbocycles. The summed E-state index contributed by atoms with van der Waals surface area (Å²) < 4.78 is 0. The Bertz CT molecular complexity index is 331. The molecule has 0 saturated heterocycles. The molecule has 84 valence electrons. The maximum absolute atomic E-state index is 8.61. The predicted molar refractivity (Wildman–Crippen MR) is 66.3 cm³/mol. The molecule has 0 atom stereocenters. The summed E-state index contributed by atoms with van der Waals surface area (Å²) in [6.45, 7) is 0.953. The topological polar surface area (TPSA) is 32.3 Å². The van der Waals surface area contributed by atoms with Gasteiger partial charge in [-0.15, -0.1) is 0 Å². The van der Waals surface area contributed by atoms with Gasteiger partial charge < -0.3 is 10.4 Å². The van der Waals surface area contributed by atoms with Crippen molar-refractivity contribution >= 4 is 40.5 Å². The lowest BCUT2D eigenvalue weighted by Crippen LogP contribution is -2.02. The van der Waals surface area contributed by atoms with Crippen LogP contribution >= 0.6 is 34.8 Å². The second kappa shape index (κ2) is 6.44. The average molecular weight is 269 g/mol. The fraction of sp³-hybridized carbons (Fsp3) is 0.400. The summed E-state index contributed by atoms with van der Waals surface area (Å²) in [7, 11) is 0. The first-order chi connectivity index (χ1) is 7.15. The Balaban J connectivity index is 2.57. The van der Waals surface area contributed by atoms with Crippen molar-refractivity contribution in [1.82, 2.24) is 0 Å². The van der Waals surface area contributed by atoms with E-state index in [9.17, 15) is 0 Å². The molecular weight excluding hydrogens is 256 g/mol. The average Bonchev–Trinajstić information content (AvgIpc) is 2.20. The van der Waals surface area contributed by atoms with E-state index in [1.165, 1.54) is 0 Å². The summed E-state index contributed by atoms with van der Waals surface area (Å²) in [6.07, 6.45) is 1.65. The van der Waals surface area contributed by atoms with Crippen LogP contribution in [0.1, 0.15) is 12.8 Å². The van der Waals surface area contributed by atoms with Crippen molar-refractivity contribution in [3.8, 4) is 0 Å². The van der Waals surface area contributed by atoms with E-state index in [1.54, 1.807) is 12.1 Å². The highest BCUT2D eigenvalue weighted by Gasteiger charge is 2.04. The van der Waals surface area contributed by atoms with Crippen LogP contribution in [0.2, 0.25) is 15.1 Å². The second-order valence-corrected chi connectivity index (χ2v) is 4.33. The standard InChI is InChI=1S/C10H12Cl3NO/c11-7-5-9(13)10(6-8(7)12)14-3-1-2-4-15/h5-6,14-15H,1-4H2. The summed E-state index contributed by atoms with van der Waals surface area (Å²) in [5.74, 6) is 0. The number of halogens is 3. The van der Waals surface area contributed by atoms with Crippen LogP contribution in [0.4, 0.5) is 5.69 Å². The first-order valence-electron chi connectivity index (χ1n) is 4.64. The van der Waals surface area contributed by atoms with E-state index in [2.05, 4.69) is 5.32 Å². The summed E-state index contributed by atoms with van der Waals surface area (Å²) in [5.41, 5.74) is 0.768. The Labute approximate surface area is 104 Å². The number of nitrogens with one attached hydrogen (secondary N) is 1. The minimum absolute atomic E-state index is 0.205. The third kappa shape index (κ3) is 4.07. The molecule has 0 bridgehead atoms. The highest BCUT2D eigenvalue weighted by atomic mass is 35.5. The van der Waals surface area contributed by atoms with Crippen LogP contribution in [-0.4, -0.2) is 18.3 Å². The molecule has 0 saturated carbocycles. The van der Waals surface area contributed by atoms with Crippen molar-refractivity contribution in [2.45, 2.75) is 12.8 Å². The van der Waals surface area contributed by atoms with Gasteiger partial charge in [-0.1, -0.05) is 34.8 Å². The number of unbranched alkanes of at least 4 members (excludes halogenated alkanes) is 1. The molecule has 0 aliphatic carbocycles. The summed E-state index contributed by atoms with van der Waals surface area (Å²) in [4.78, 5) is 0. The Hall–Kier alpha value is -0.150. The minimum Gasteiger partial charge on any atom is -0.396 e. The number of benzene rings is 1. The van der Waals surface area contributed by atoms with Gasteiger partial charge >= 0.3 is 0 Å². The Morgan fingerprint density at radius 2 is 1.67 bits per heavy atom. The van der Waals surface area contributed by atoms with E-state index in [1.807, 2.05) is 0 Å². The van der Waals surface area contributed by atoms with Gasteiger partial charge in [-0.05, 0) is 25.0 Å². The van der Waals surface area contributed by atoms with Crippen molar-refractivity contribution in [1.29, 1.82) is 0 Å². The van der Waals surface area contributed by atoms with E-state index in [4.69, 9.17) is 39.9 Å². The van der Waals surface area contributed by atoms with Crippen LogP contribution in [0.15, 0.2) is 12.1 Å². The first-order valence-corrected chi connectivity index (χ1v) is 5.78. The van der Waals surface area contributed by atoms with Crippen LogP contribution in [0.3, 0.4) is 0 Å². The lowest BCUT2D eigenvalue weighted by molar-refractivity contribution is 0.286. The van der Waals surface area contributed by atoms with Crippen LogP contribution in [-0.2, 0) is 0 Å². The maximum atomic E-state index is 8.61. The number of hydrogen-bond acceptors (Lipinski definition) is 2. The molecule has 0 aliphatic rings. The Morgan fingerprint density at radius 3 is 2.33 bits per heavy atom. The fourth-order valence-electron chi connectivity index (χ4n) is 1.12. The van der Waals surface area contributed by atoms with Gasteiger partial charge in [0.05, 0.1) is 20.8 Å². The van der Waals surface area contributed by atoms with Gasteiger partial charge in [0.2, 0.25) is 0 Å². The van der Waals surface area contributed by atoms with Gasteiger partial charge in [0.25, 0.3) is 0 Å². The number of aliphatic hydroxyl groups is 1. The molecule has 2 N–H and O–H groups in total. The molecular formula is C10H12Cl3NO. The lowest BCUT2D eigenvalue weighted by Gasteiger charge is -2.09. The van der Waals surface area contributed by atoms with E-state index < -0.39 is 0 Å². The Morgan fingerprint density at radius 1 is 1.00 bits per heavy atom. The lowest BCUT2D eigenvalue weighted by atomic mass is 10.3. The third-order valence-electron chi connectivity index (χ3n) is 1.91. The smallest absolute Gasteiger partial charge is 0.0653 e. The van der Waals surface area contributed by atoms with E-state index in [0.717, 1.165) is 25.1 Å². The molecule has 1 rings (SSSR count). The third-order valence-corrected chi connectivity index (χ3v) is 2.95. The molecule has 5 heteroatoms. The molecule has 15 heavy (non-hydrogen) atoms. The zero-order valence-corrected chi connectivity index (χ0v) is 10.3. The molecule has 0 fully saturated rings. The number of hydrogen-bond donors (Lipinski definition) is 2. The first kappa shape index (κ1) is 12.9. The van der Waals surface area contributed by atoms with Gasteiger partial charge in [0.1, 0.15) is 0 Å². The molecule has 0 heterocycles. The number of rotatable bonds is 5. The fourth-order valence-corrected chi connectivity index (χ4v) is 1.73. The predicted octanol–water partition coefficient (Wildman–Crippen LogP) is 3.83. The van der Waals surface area contributed by atoms with Gasteiger partial charge in [0.15, 0.2) is 0 Å². The molecule has 0 aliphatic heterocycles. The van der Waals surface area contributed by atoms with Gasteiger partial charge in [0, 0.05) is 13.2 Å². The number of anilines is 1. The summed E-state index contributed by atoms with van der Waals surface area (Å²) in [5, 5.41) is 13.2. The maximum Gasteiger partial charge on any atom is 0.0653 e. The molecule has 0 amide bonds. The molecule has 2 nitrogen and oxygen atoms in total. The highest BCUT2D eigenvalue weighted by Crippen LogP contribution is 2.32. The van der Waals surface area contributed by atoms with E-state index >= 15 is 0 Å². The second-order valence-electron chi connectivity index (χ2n) is 3.10. The normalized spacial score (nSPS) is 10.4. The largest absolute Gasteiger partial charge is 0.396 e. The van der Waals surface area contributed by atoms with E-state index in [0.29, 0.717) is 15.1 Å². The van der Waals surface area contributed by atoms with Crippen molar-refractivity contribution in [2.75, 3.05) is 18.5 Å².